The van der Waals surface area contributed by atoms with Crippen LogP contribution in [0.5, 0.6) is 5.75 Å². The van der Waals surface area contributed by atoms with E-state index in [2.05, 4.69) is 36.1 Å². The standard InChI is InChI=1S/C24H19N3O/c25-24(14-5-15-24)18-12-10-17(11-13-18)22-21(16-6-2-1-3-7-16)26-19-8-4-9-20(28)23(19)27-22/h1-2,4,6-13H,5,14-15,25H2/p+2. The summed E-state index contributed by atoms with van der Waals surface area (Å²) in [7, 11) is 0. The summed E-state index contributed by atoms with van der Waals surface area (Å²) < 4.78 is 0. The van der Waals surface area contributed by atoms with Crippen LogP contribution in [0, 0.1) is 6.08 Å². The molecule has 4 nitrogen and oxygen atoms in total. The van der Waals surface area contributed by atoms with Crippen LogP contribution < -0.4 is 5.73 Å². The first-order valence-corrected chi connectivity index (χ1v) is 9.57. The summed E-state index contributed by atoms with van der Waals surface area (Å²) in [5, 5.41) is 10.3. The molecule has 4 N–H and O–H groups in total. The molecule has 0 aliphatic heterocycles. The second-order valence-electron chi connectivity index (χ2n) is 7.57. The molecule has 2 aromatic carbocycles. The highest BCUT2D eigenvalue weighted by molar-refractivity contribution is 5.90. The Kier molecular flexibility index (Phi) is 3.83. The Morgan fingerprint density at radius 1 is 1.00 bits per heavy atom. The zero-order chi connectivity index (χ0) is 19.1. The van der Waals surface area contributed by atoms with Gasteiger partial charge >= 0.3 is 0 Å². The molecule has 5 rings (SSSR count). The molecule has 0 unspecified atom stereocenters. The lowest BCUT2D eigenvalue weighted by Gasteiger charge is -2.34. The van der Waals surface area contributed by atoms with Crippen LogP contribution in [0.1, 0.15) is 30.5 Å². The van der Waals surface area contributed by atoms with Gasteiger partial charge in [0.1, 0.15) is 40.2 Å². The number of allylic oxidation sites excluding steroid dienone is 6. The van der Waals surface area contributed by atoms with Gasteiger partial charge in [-0.25, -0.2) is 9.97 Å². The SMILES string of the molecule is [NH3+]C1(c2ccc(-c3nc4c(O)cccc4nc3C3=CC=C[C+]=C3)cc2)CCC1. The molecular formula is C24H21N3O+2. The molecule has 0 atom stereocenters. The maximum atomic E-state index is 10.3. The minimum Gasteiger partial charge on any atom is -0.506 e. The van der Waals surface area contributed by atoms with Crippen molar-refractivity contribution >= 4 is 16.6 Å². The summed E-state index contributed by atoms with van der Waals surface area (Å²) in [4.78, 5) is 9.63. The Bertz CT molecular complexity index is 1150. The third-order valence-electron chi connectivity index (χ3n) is 5.74. The Labute approximate surface area is 163 Å². The van der Waals surface area contributed by atoms with Crippen LogP contribution in [0.25, 0.3) is 27.9 Å². The van der Waals surface area contributed by atoms with Gasteiger partial charge in [-0.1, -0.05) is 30.3 Å². The summed E-state index contributed by atoms with van der Waals surface area (Å²) in [6.07, 6.45) is 14.4. The van der Waals surface area contributed by atoms with E-state index in [1.54, 1.807) is 12.1 Å². The number of hydrogen-bond donors (Lipinski definition) is 2. The van der Waals surface area contributed by atoms with Crippen molar-refractivity contribution in [1.29, 1.82) is 0 Å². The second kappa shape index (κ2) is 6.38. The maximum absolute atomic E-state index is 10.3. The van der Waals surface area contributed by atoms with E-state index in [0.717, 1.165) is 35.4 Å². The quantitative estimate of drug-likeness (QED) is 0.689. The number of rotatable bonds is 3. The molecule has 1 heterocycles. The van der Waals surface area contributed by atoms with Crippen LogP contribution in [0.3, 0.4) is 0 Å². The van der Waals surface area contributed by atoms with Crippen LogP contribution in [0.15, 0.2) is 66.8 Å². The Balaban J connectivity index is 1.68. The maximum Gasteiger partial charge on any atom is 0.154 e. The Morgan fingerprint density at radius 2 is 1.82 bits per heavy atom. The average molecular weight is 367 g/mol. The van der Waals surface area contributed by atoms with Crippen molar-refractivity contribution in [2.45, 2.75) is 24.8 Å². The highest BCUT2D eigenvalue weighted by Crippen LogP contribution is 2.38. The number of hydrogen-bond acceptors (Lipinski definition) is 3. The molecule has 0 amide bonds. The molecule has 2 aliphatic rings. The molecule has 0 saturated heterocycles. The third kappa shape index (κ3) is 2.71. The highest BCUT2D eigenvalue weighted by atomic mass is 16.3. The molecular weight excluding hydrogens is 346 g/mol. The average Bonchev–Trinajstić information content (AvgIpc) is 2.72. The summed E-state index contributed by atoms with van der Waals surface area (Å²) >= 11 is 0. The van der Waals surface area contributed by atoms with Gasteiger partial charge in [-0.05, 0) is 18.6 Å². The third-order valence-corrected chi connectivity index (χ3v) is 5.74. The molecule has 3 aromatic rings. The topological polar surface area (TPSA) is 73.7 Å². The molecule has 1 aromatic heterocycles. The predicted molar refractivity (Wildman–Crippen MR) is 110 cm³/mol. The molecule has 1 saturated carbocycles. The van der Waals surface area contributed by atoms with Gasteiger partial charge in [0.15, 0.2) is 5.69 Å². The van der Waals surface area contributed by atoms with Crippen molar-refractivity contribution in [3.8, 4) is 17.0 Å². The fourth-order valence-corrected chi connectivity index (χ4v) is 3.88. The summed E-state index contributed by atoms with van der Waals surface area (Å²) in [6, 6.07) is 13.8. The zero-order valence-electron chi connectivity index (χ0n) is 15.5. The first-order valence-electron chi connectivity index (χ1n) is 9.57. The Morgan fingerprint density at radius 3 is 2.50 bits per heavy atom. The van der Waals surface area contributed by atoms with E-state index in [1.807, 2.05) is 30.4 Å². The van der Waals surface area contributed by atoms with E-state index in [4.69, 9.17) is 9.97 Å². The summed E-state index contributed by atoms with van der Waals surface area (Å²) in [6.45, 7) is 0. The van der Waals surface area contributed by atoms with Gasteiger partial charge in [-0.2, -0.15) is 0 Å². The molecule has 0 radical (unpaired) electrons. The summed E-state index contributed by atoms with van der Waals surface area (Å²) in [5.74, 6) is 0.139. The van der Waals surface area contributed by atoms with Crippen LogP contribution in [-0.2, 0) is 5.54 Å². The number of para-hydroxylation sites is 1. The molecule has 0 spiro atoms. The lowest BCUT2D eigenvalue weighted by atomic mass is 9.72. The number of fused-ring (bicyclic) bond motifs is 1. The molecule has 0 bridgehead atoms. The van der Waals surface area contributed by atoms with Gasteiger partial charge in [0.2, 0.25) is 0 Å². The largest absolute Gasteiger partial charge is 0.506 e. The molecule has 1 fully saturated rings. The fourth-order valence-electron chi connectivity index (χ4n) is 3.88. The van der Waals surface area contributed by atoms with Gasteiger partial charge in [0.25, 0.3) is 0 Å². The number of quaternary nitrogens is 1. The van der Waals surface area contributed by atoms with Crippen LogP contribution in [0.2, 0.25) is 0 Å². The number of aromatic nitrogens is 2. The molecule has 4 heteroatoms. The van der Waals surface area contributed by atoms with E-state index < -0.39 is 0 Å². The smallest absolute Gasteiger partial charge is 0.154 e. The number of nitrogens with zero attached hydrogens (tertiary/aromatic N) is 2. The highest BCUT2D eigenvalue weighted by Gasteiger charge is 2.38. The van der Waals surface area contributed by atoms with Crippen LogP contribution in [0.4, 0.5) is 0 Å². The van der Waals surface area contributed by atoms with E-state index in [-0.39, 0.29) is 11.3 Å². The van der Waals surface area contributed by atoms with Gasteiger partial charge in [-0.15, -0.1) is 0 Å². The van der Waals surface area contributed by atoms with Crippen LogP contribution in [-0.4, -0.2) is 15.1 Å². The van der Waals surface area contributed by atoms with Crippen molar-refractivity contribution in [1.82, 2.24) is 9.97 Å². The fraction of sp³-hybridized carbons (Fsp3) is 0.167. The molecule has 2 aliphatic carbocycles. The molecule has 136 valence electrons. The number of benzene rings is 2. The van der Waals surface area contributed by atoms with Crippen molar-refractivity contribution < 1.29 is 10.8 Å². The lowest BCUT2D eigenvalue weighted by molar-refractivity contribution is -0.509. The van der Waals surface area contributed by atoms with E-state index in [9.17, 15) is 5.11 Å². The van der Waals surface area contributed by atoms with Gasteiger partial charge in [0.05, 0.1) is 11.6 Å². The van der Waals surface area contributed by atoms with Crippen molar-refractivity contribution in [3.05, 3.63) is 84.1 Å². The normalized spacial score (nSPS) is 17.1. The Hall–Kier alpha value is -3.33. The predicted octanol–water partition coefficient (Wildman–Crippen LogP) is 3.94. The lowest BCUT2D eigenvalue weighted by Crippen LogP contribution is -2.73. The zero-order valence-corrected chi connectivity index (χ0v) is 15.5. The van der Waals surface area contributed by atoms with Crippen molar-refractivity contribution in [2.75, 3.05) is 0 Å². The minimum atomic E-state index is 0.0586. The number of phenolic OH excluding ortho intramolecular Hbond substituents is 1. The van der Waals surface area contributed by atoms with Gasteiger partial charge < -0.3 is 10.8 Å². The first kappa shape index (κ1) is 16.8. The second-order valence-corrected chi connectivity index (χ2v) is 7.57. The number of aromatic hydroxyl groups is 1. The molecule has 28 heavy (non-hydrogen) atoms. The van der Waals surface area contributed by atoms with Gasteiger partial charge in [0, 0.05) is 36.1 Å². The number of phenols is 1. The van der Waals surface area contributed by atoms with Crippen molar-refractivity contribution in [2.24, 2.45) is 0 Å². The minimum absolute atomic E-state index is 0.0586. The van der Waals surface area contributed by atoms with E-state index >= 15 is 0 Å². The first-order chi connectivity index (χ1) is 13.6. The monoisotopic (exact) mass is 367 g/mol. The van der Waals surface area contributed by atoms with Crippen molar-refractivity contribution in [3.63, 3.8) is 0 Å². The van der Waals surface area contributed by atoms with E-state index in [1.165, 1.54) is 12.0 Å². The van der Waals surface area contributed by atoms with Crippen LogP contribution >= 0.6 is 0 Å². The summed E-state index contributed by atoms with van der Waals surface area (Å²) in [5.41, 5.74) is 10.4. The van der Waals surface area contributed by atoms with Gasteiger partial charge in [-0.3, -0.25) is 0 Å². The van der Waals surface area contributed by atoms with E-state index in [0.29, 0.717) is 11.0 Å².